The van der Waals surface area contributed by atoms with E-state index in [9.17, 15) is 14.7 Å². The summed E-state index contributed by atoms with van der Waals surface area (Å²) in [4.78, 5) is 25.2. The molecule has 3 aromatic rings. The fourth-order valence-corrected chi connectivity index (χ4v) is 2.60. The van der Waals surface area contributed by atoms with Crippen LogP contribution in [0.25, 0.3) is 12.2 Å². The number of hydrogen-bond donors (Lipinski definition) is 3. The average Bonchev–Trinajstić information content (AvgIpc) is 3.28. The van der Waals surface area contributed by atoms with Gasteiger partial charge in [-0.3, -0.25) is 9.59 Å². The molecule has 1 heterocycles. The van der Waals surface area contributed by atoms with Crippen LogP contribution in [0.4, 0.5) is 0 Å². The molecule has 1 aromatic heterocycles. The number of hydrogen-bond acceptors (Lipinski definition) is 5. The zero-order valence-corrected chi connectivity index (χ0v) is 16.8. The molecule has 0 saturated carbocycles. The van der Waals surface area contributed by atoms with Crippen LogP contribution in [0.15, 0.2) is 93.8 Å². The van der Waals surface area contributed by atoms with Gasteiger partial charge in [-0.1, -0.05) is 36.4 Å². The van der Waals surface area contributed by atoms with Crippen molar-refractivity contribution in [1.82, 2.24) is 10.7 Å². The number of hydrazone groups is 1. The van der Waals surface area contributed by atoms with Gasteiger partial charge < -0.3 is 14.8 Å². The van der Waals surface area contributed by atoms with Crippen molar-refractivity contribution >= 4 is 30.2 Å². The summed E-state index contributed by atoms with van der Waals surface area (Å²) in [7, 11) is 0. The van der Waals surface area contributed by atoms with E-state index < -0.39 is 11.8 Å². The Kier molecular flexibility index (Phi) is 7.16. The van der Waals surface area contributed by atoms with Crippen LogP contribution < -0.4 is 10.7 Å². The van der Waals surface area contributed by atoms with Gasteiger partial charge in [-0.25, -0.2) is 5.43 Å². The maximum atomic E-state index is 12.7. The lowest BCUT2D eigenvalue weighted by Crippen LogP contribution is -2.32. The highest BCUT2D eigenvalue weighted by Crippen LogP contribution is 2.18. The highest BCUT2D eigenvalue weighted by atomic mass is 16.3. The summed E-state index contributed by atoms with van der Waals surface area (Å²) in [6.07, 6.45) is 6.15. The first-order valence-corrected chi connectivity index (χ1v) is 9.44. The van der Waals surface area contributed by atoms with Crippen LogP contribution in [0, 0.1) is 0 Å². The van der Waals surface area contributed by atoms with E-state index in [-0.39, 0.29) is 11.4 Å². The molecule has 7 nitrogen and oxygen atoms in total. The fourth-order valence-electron chi connectivity index (χ4n) is 2.60. The van der Waals surface area contributed by atoms with Crippen molar-refractivity contribution in [2.45, 2.75) is 6.92 Å². The lowest BCUT2D eigenvalue weighted by atomic mass is 10.1. The monoisotopic (exact) mass is 415 g/mol. The Morgan fingerprint density at radius 1 is 0.968 bits per heavy atom. The number of amides is 2. The van der Waals surface area contributed by atoms with Crippen molar-refractivity contribution in [1.29, 1.82) is 0 Å². The van der Waals surface area contributed by atoms with Crippen LogP contribution in [0.2, 0.25) is 0 Å². The molecule has 0 fully saturated rings. The molecule has 31 heavy (non-hydrogen) atoms. The van der Waals surface area contributed by atoms with E-state index in [1.54, 1.807) is 79.9 Å². The van der Waals surface area contributed by atoms with Gasteiger partial charge in [0.2, 0.25) is 0 Å². The second-order valence-corrected chi connectivity index (χ2v) is 6.54. The Balaban J connectivity index is 1.78. The number of para-hydroxylation sites is 1. The van der Waals surface area contributed by atoms with Crippen molar-refractivity contribution in [3.8, 4) is 5.75 Å². The SMILES string of the molecule is CC(/C=N/NC(=O)/C(=C/c1ccccc1O)NC(=O)c1ccccc1)=C\c1ccco1. The molecule has 156 valence electrons. The minimum absolute atomic E-state index is 0.0255. The summed E-state index contributed by atoms with van der Waals surface area (Å²) in [5.74, 6) is -0.474. The lowest BCUT2D eigenvalue weighted by Gasteiger charge is -2.09. The second kappa shape index (κ2) is 10.4. The average molecular weight is 415 g/mol. The number of phenols is 1. The molecule has 0 bridgehead atoms. The van der Waals surface area contributed by atoms with Gasteiger partial charge in [0.1, 0.15) is 17.2 Å². The summed E-state index contributed by atoms with van der Waals surface area (Å²) < 4.78 is 5.23. The third kappa shape index (κ3) is 6.30. The Morgan fingerprint density at radius 2 is 1.71 bits per heavy atom. The standard InChI is InChI=1S/C24H21N3O4/c1-17(14-20-11-7-13-31-20)16-25-27-24(30)21(15-19-10-5-6-12-22(19)28)26-23(29)18-8-3-2-4-9-18/h2-16,28H,1H3,(H,26,29)(H,27,30)/b17-14+,21-15-,25-16+. The molecule has 0 spiro atoms. The third-order valence-electron chi connectivity index (χ3n) is 4.11. The maximum Gasteiger partial charge on any atom is 0.287 e. The molecule has 7 heteroatoms. The Hall–Kier alpha value is -4.39. The number of phenolic OH excluding ortho intramolecular Hbond substituents is 1. The van der Waals surface area contributed by atoms with Crippen molar-refractivity contribution < 1.29 is 19.1 Å². The number of benzene rings is 2. The van der Waals surface area contributed by atoms with E-state index >= 15 is 0 Å². The van der Waals surface area contributed by atoms with Crippen LogP contribution in [-0.2, 0) is 4.79 Å². The Morgan fingerprint density at radius 3 is 2.42 bits per heavy atom. The lowest BCUT2D eigenvalue weighted by molar-refractivity contribution is -0.117. The van der Waals surface area contributed by atoms with E-state index in [2.05, 4.69) is 15.8 Å². The Bertz CT molecular complexity index is 1130. The van der Waals surface area contributed by atoms with Gasteiger partial charge in [0.25, 0.3) is 11.8 Å². The highest BCUT2D eigenvalue weighted by molar-refractivity contribution is 6.05. The third-order valence-corrected chi connectivity index (χ3v) is 4.11. The molecule has 0 unspecified atom stereocenters. The predicted molar refractivity (Wildman–Crippen MR) is 119 cm³/mol. The van der Waals surface area contributed by atoms with Crippen LogP contribution in [-0.4, -0.2) is 23.1 Å². The highest BCUT2D eigenvalue weighted by Gasteiger charge is 2.15. The largest absolute Gasteiger partial charge is 0.507 e. The fraction of sp³-hybridized carbons (Fsp3) is 0.0417. The normalized spacial score (nSPS) is 12.0. The smallest absolute Gasteiger partial charge is 0.287 e. The number of nitrogens with one attached hydrogen (secondary N) is 2. The van der Waals surface area contributed by atoms with Gasteiger partial charge in [-0.05, 0) is 55.0 Å². The van der Waals surface area contributed by atoms with Crippen molar-refractivity contribution in [2.24, 2.45) is 5.10 Å². The van der Waals surface area contributed by atoms with Gasteiger partial charge in [0.05, 0.1) is 12.5 Å². The van der Waals surface area contributed by atoms with E-state index in [1.165, 1.54) is 18.4 Å². The van der Waals surface area contributed by atoms with E-state index in [1.807, 2.05) is 0 Å². The zero-order chi connectivity index (χ0) is 22.1. The number of nitrogens with zero attached hydrogens (tertiary/aromatic N) is 1. The van der Waals surface area contributed by atoms with E-state index in [4.69, 9.17) is 4.42 Å². The van der Waals surface area contributed by atoms with Crippen LogP contribution in [0.3, 0.4) is 0 Å². The van der Waals surface area contributed by atoms with Gasteiger partial charge >= 0.3 is 0 Å². The number of rotatable bonds is 7. The van der Waals surface area contributed by atoms with Crippen molar-refractivity contribution in [3.05, 3.63) is 101 Å². The summed E-state index contributed by atoms with van der Waals surface area (Å²) in [5, 5.41) is 16.5. The predicted octanol–water partition coefficient (Wildman–Crippen LogP) is 3.96. The molecule has 0 radical (unpaired) electrons. The van der Waals surface area contributed by atoms with E-state index in [0.717, 1.165) is 5.57 Å². The van der Waals surface area contributed by atoms with Crippen LogP contribution in [0.5, 0.6) is 5.75 Å². The molecule has 2 aromatic carbocycles. The van der Waals surface area contributed by atoms with Crippen LogP contribution in [0.1, 0.15) is 28.6 Å². The number of allylic oxidation sites excluding steroid dienone is 1. The number of carbonyl (C=O) groups excluding carboxylic acids is 2. The van der Waals surface area contributed by atoms with E-state index in [0.29, 0.717) is 16.9 Å². The summed E-state index contributed by atoms with van der Waals surface area (Å²) in [5.41, 5.74) is 3.82. The zero-order valence-electron chi connectivity index (χ0n) is 16.8. The van der Waals surface area contributed by atoms with Gasteiger partial charge in [-0.15, -0.1) is 0 Å². The van der Waals surface area contributed by atoms with Gasteiger partial charge in [0, 0.05) is 11.1 Å². The summed E-state index contributed by atoms with van der Waals surface area (Å²) in [6.45, 7) is 1.80. The Labute approximate surface area is 179 Å². The molecular weight excluding hydrogens is 394 g/mol. The molecule has 0 aliphatic carbocycles. The molecule has 3 rings (SSSR count). The molecule has 2 amide bonds. The second-order valence-electron chi connectivity index (χ2n) is 6.54. The van der Waals surface area contributed by atoms with Crippen LogP contribution >= 0.6 is 0 Å². The topological polar surface area (TPSA) is 104 Å². The number of carbonyl (C=O) groups is 2. The number of furan rings is 1. The van der Waals surface area contributed by atoms with Gasteiger partial charge in [0.15, 0.2) is 0 Å². The first-order chi connectivity index (χ1) is 15.0. The molecule has 0 aliphatic heterocycles. The quantitative estimate of drug-likeness (QED) is 0.309. The molecular formula is C24H21N3O4. The first kappa shape index (κ1) is 21.3. The summed E-state index contributed by atoms with van der Waals surface area (Å²) in [6, 6.07) is 18.5. The minimum Gasteiger partial charge on any atom is -0.507 e. The molecule has 0 atom stereocenters. The molecule has 3 N–H and O–H groups in total. The van der Waals surface area contributed by atoms with Crippen molar-refractivity contribution in [3.63, 3.8) is 0 Å². The van der Waals surface area contributed by atoms with Gasteiger partial charge in [-0.2, -0.15) is 5.10 Å². The first-order valence-electron chi connectivity index (χ1n) is 9.44. The molecule has 0 saturated heterocycles. The van der Waals surface area contributed by atoms with Crippen molar-refractivity contribution in [2.75, 3.05) is 0 Å². The maximum absolute atomic E-state index is 12.7. The summed E-state index contributed by atoms with van der Waals surface area (Å²) >= 11 is 0. The molecule has 0 aliphatic rings. The minimum atomic E-state index is -0.644. The number of aromatic hydroxyl groups is 1.